The van der Waals surface area contributed by atoms with Crippen LogP contribution in [0.3, 0.4) is 0 Å². The molecule has 0 spiro atoms. The topological polar surface area (TPSA) is 41.9 Å². The largest absolute Gasteiger partial charge is 0.494 e. The van der Waals surface area contributed by atoms with Crippen molar-refractivity contribution in [3.8, 4) is 0 Å². The lowest BCUT2D eigenvalue weighted by atomic mass is 9.74. The fraction of sp³-hybridized carbons (Fsp3) is 0.647. The number of unbranched alkanes of at least 4 members (excludes halogenated alkanes) is 5. The minimum Gasteiger partial charge on any atom is -0.399 e. The molecule has 0 saturated carbocycles. The van der Waals surface area contributed by atoms with Gasteiger partial charge in [0.05, 0.1) is 22.4 Å². The zero-order valence-corrected chi connectivity index (χ0v) is 26.9. The van der Waals surface area contributed by atoms with Gasteiger partial charge in [-0.1, -0.05) is 51.2 Å². The number of hydrogen-bond acceptors (Lipinski definition) is 4. The highest BCUT2D eigenvalue weighted by Gasteiger charge is 2.53. The Bertz CT molecular complexity index is 1340. The predicted molar refractivity (Wildman–Crippen MR) is 172 cm³/mol. The normalized spacial score (nSPS) is 22.1. The molecule has 5 nitrogen and oxygen atoms in total. The summed E-state index contributed by atoms with van der Waals surface area (Å²) in [5.41, 5.74) is 6.26. The van der Waals surface area contributed by atoms with Crippen LogP contribution in [0.5, 0.6) is 0 Å². The number of aromatic nitrogens is 1. The summed E-state index contributed by atoms with van der Waals surface area (Å²) < 4.78 is 28.7. The van der Waals surface area contributed by atoms with E-state index in [-0.39, 0.29) is 36.6 Å². The number of benzene rings is 2. The Kier molecular flexibility index (Phi) is 7.25. The van der Waals surface area contributed by atoms with Crippen molar-refractivity contribution in [2.75, 3.05) is 0 Å². The van der Waals surface area contributed by atoms with Gasteiger partial charge in [0, 0.05) is 28.4 Å². The van der Waals surface area contributed by atoms with Gasteiger partial charge in [-0.3, -0.25) is 0 Å². The maximum Gasteiger partial charge on any atom is 0.494 e. The monoisotopic (exact) mass is 557 g/mol. The van der Waals surface area contributed by atoms with Crippen molar-refractivity contribution >= 4 is 47.0 Å². The number of aryl methyl sites for hydroxylation is 3. The van der Waals surface area contributed by atoms with Gasteiger partial charge in [-0.2, -0.15) is 0 Å². The molecular formula is C34H49B2NO4. The molecule has 0 atom stereocenters. The number of rotatable bonds is 9. The fourth-order valence-electron chi connectivity index (χ4n) is 6.74. The third-order valence-electron chi connectivity index (χ3n) is 10.7. The average Bonchev–Trinajstić information content (AvgIpc) is 3.41. The quantitative estimate of drug-likeness (QED) is 0.213. The van der Waals surface area contributed by atoms with Crippen LogP contribution in [0.15, 0.2) is 24.3 Å². The van der Waals surface area contributed by atoms with Crippen molar-refractivity contribution in [1.29, 1.82) is 0 Å². The lowest BCUT2D eigenvalue weighted by Gasteiger charge is -2.32. The first-order valence-corrected chi connectivity index (χ1v) is 16.1. The van der Waals surface area contributed by atoms with Gasteiger partial charge in [0.25, 0.3) is 0 Å². The summed E-state index contributed by atoms with van der Waals surface area (Å²) in [5, 5.41) is 2.82. The molecule has 3 aliphatic rings. The molecule has 6 rings (SSSR count). The van der Waals surface area contributed by atoms with Crippen LogP contribution in [0.2, 0.25) is 0 Å². The van der Waals surface area contributed by atoms with Crippen LogP contribution in [-0.4, -0.2) is 41.2 Å². The lowest BCUT2D eigenvalue weighted by Crippen LogP contribution is -2.41. The molecule has 1 aliphatic carbocycles. The third kappa shape index (κ3) is 4.89. The van der Waals surface area contributed by atoms with Gasteiger partial charge in [0.15, 0.2) is 0 Å². The standard InChI is InChI=1S/C34H49B2NO4/c1-10-11-12-13-14-15-18-37-27-21-25(35-38-31(2,3)32(4,5)39-35)19-23-16-17-24-20-26(22-28(37)30(24)29(23)27)36-40-33(6,7)34(8,9)41-36/h19-22H,10-18H2,1-9H3. The van der Waals surface area contributed by atoms with Gasteiger partial charge < -0.3 is 23.2 Å². The van der Waals surface area contributed by atoms with Gasteiger partial charge >= 0.3 is 14.2 Å². The summed E-state index contributed by atoms with van der Waals surface area (Å²) in [4.78, 5) is 0. The van der Waals surface area contributed by atoms with E-state index in [1.165, 1.54) is 71.5 Å². The molecule has 1 aromatic heterocycles. The SMILES string of the molecule is CCCCCCCCn1c2cc(B3OC(C)(C)C(C)(C)O3)cc3c2c2c(cc(B4OC(C)(C)C(C)(C)O4)cc21)CC3. The molecule has 2 fully saturated rings. The van der Waals surface area contributed by atoms with Gasteiger partial charge in [-0.25, -0.2) is 0 Å². The highest BCUT2D eigenvalue weighted by Crippen LogP contribution is 2.41. The van der Waals surface area contributed by atoms with E-state index in [9.17, 15) is 0 Å². The smallest absolute Gasteiger partial charge is 0.399 e. The third-order valence-corrected chi connectivity index (χ3v) is 10.7. The summed E-state index contributed by atoms with van der Waals surface area (Å²) in [5.74, 6) is 0. The summed E-state index contributed by atoms with van der Waals surface area (Å²) in [7, 11) is -0.717. The van der Waals surface area contributed by atoms with E-state index in [1.54, 1.807) is 0 Å². The number of hydrogen-bond donors (Lipinski definition) is 0. The maximum atomic E-state index is 6.52. The summed E-state index contributed by atoms with van der Waals surface area (Å²) in [6.07, 6.45) is 9.71. The molecule has 0 amide bonds. The van der Waals surface area contributed by atoms with Crippen LogP contribution in [0, 0.1) is 0 Å². The minimum atomic E-state index is -0.361. The summed E-state index contributed by atoms with van der Waals surface area (Å²) in [6.45, 7) is 20.4. The average molecular weight is 557 g/mol. The van der Waals surface area contributed by atoms with Crippen molar-refractivity contribution in [3.05, 3.63) is 35.4 Å². The van der Waals surface area contributed by atoms with Crippen molar-refractivity contribution in [2.24, 2.45) is 0 Å². The van der Waals surface area contributed by atoms with Gasteiger partial charge in [0.1, 0.15) is 0 Å². The summed E-state index contributed by atoms with van der Waals surface area (Å²) in [6, 6.07) is 9.40. The maximum absolute atomic E-state index is 6.52. The van der Waals surface area contributed by atoms with Crippen molar-refractivity contribution < 1.29 is 18.6 Å². The van der Waals surface area contributed by atoms with E-state index >= 15 is 0 Å². The predicted octanol–water partition coefficient (Wildman–Crippen LogP) is 6.85. The van der Waals surface area contributed by atoms with E-state index < -0.39 is 0 Å². The molecule has 3 aromatic rings. The highest BCUT2D eigenvalue weighted by atomic mass is 16.7. The zero-order chi connectivity index (χ0) is 29.4. The molecule has 220 valence electrons. The van der Waals surface area contributed by atoms with E-state index in [1.807, 2.05) is 0 Å². The van der Waals surface area contributed by atoms with Crippen molar-refractivity contribution in [1.82, 2.24) is 4.57 Å². The Morgan fingerprint density at radius 1 is 0.585 bits per heavy atom. The van der Waals surface area contributed by atoms with Gasteiger partial charge in [0.2, 0.25) is 0 Å². The molecule has 41 heavy (non-hydrogen) atoms. The van der Waals surface area contributed by atoms with Crippen LogP contribution in [-0.2, 0) is 38.0 Å². The van der Waals surface area contributed by atoms with Crippen LogP contribution < -0.4 is 10.9 Å². The Morgan fingerprint density at radius 3 is 1.39 bits per heavy atom. The molecule has 0 radical (unpaired) electrons. The fourth-order valence-corrected chi connectivity index (χ4v) is 6.74. The molecule has 2 aliphatic heterocycles. The van der Waals surface area contributed by atoms with Gasteiger partial charge in [-0.05, 0) is 109 Å². The minimum absolute atomic E-state index is 0.358. The summed E-state index contributed by atoms with van der Waals surface area (Å²) >= 11 is 0. The van der Waals surface area contributed by atoms with Crippen molar-refractivity contribution in [3.63, 3.8) is 0 Å². The Balaban J connectivity index is 1.45. The molecule has 0 unspecified atom stereocenters. The van der Waals surface area contributed by atoms with Crippen LogP contribution in [0.1, 0.15) is 112 Å². The van der Waals surface area contributed by atoms with E-state index in [4.69, 9.17) is 18.6 Å². The molecule has 7 heteroatoms. The highest BCUT2D eigenvalue weighted by molar-refractivity contribution is 6.63. The van der Waals surface area contributed by atoms with Gasteiger partial charge in [-0.15, -0.1) is 0 Å². The van der Waals surface area contributed by atoms with E-state index in [0.717, 1.165) is 30.3 Å². The molecule has 3 heterocycles. The van der Waals surface area contributed by atoms with Crippen LogP contribution in [0.25, 0.3) is 21.8 Å². The molecule has 0 bridgehead atoms. The second kappa shape index (κ2) is 10.1. The second-order valence-corrected chi connectivity index (χ2v) is 14.7. The molecule has 0 N–H and O–H groups in total. The first kappa shape index (κ1) is 29.3. The molecule has 2 saturated heterocycles. The van der Waals surface area contributed by atoms with E-state index in [2.05, 4.69) is 91.1 Å². The number of nitrogens with zero attached hydrogens (tertiary/aromatic N) is 1. The molecule has 2 aromatic carbocycles. The lowest BCUT2D eigenvalue weighted by molar-refractivity contribution is 0.00578. The first-order valence-electron chi connectivity index (χ1n) is 16.1. The zero-order valence-electron chi connectivity index (χ0n) is 26.9. The van der Waals surface area contributed by atoms with E-state index in [0.29, 0.717) is 0 Å². The first-order chi connectivity index (χ1) is 19.2. The van der Waals surface area contributed by atoms with Crippen LogP contribution in [0.4, 0.5) is 0 Å². The molecular weight excluding hydrogens is 508 g/mol. The Hall–Kier alpha value is -1.79. The second-order valence-electron chi connectivity index (χ2n) is 14.7. The van der Waals surface area contributed by atoms with Crippen molar-refractivity contribution in [2.45, 2.75) is 143 Å². The Labute approximate surface area is 247 Å². The van der Waals surface area contributed by atoms with Crippen LogP contribution >= 0.6 is 0 Å². The Morgan fingerprint density at radius 2 is 0.976 bits per heavy atom.